The summed E-state index contributed by atoms with van der Waals surface area (Å²) in [5, 5.41) is 0. The molecule has 0 unspecified atom stereocenters. The number of ether oxygens (including phenoxy) is 1. The molecule has 1 fully saturated rings. The Hall–Kier alpha value is -1.82. The second-order valence-electron chi connectivity index (χ2n) is 4.44. The molecule has 1 aliphatic heterocycles. The molecule has 6 nitrogen and oxygen atoms in total. The normalized spacial score (nSPS) is 19.8. The van der Waals surface area contributed by atoms with Crippen LogP contribution in [0.15, 0.2) is 23.1 Å². The molecule has 2 rings (SSSR count). The van der Waals surface area contributed by atoms with E-state index in [0.29, 0.717) is 25.4 Å². The van der Waals surface area contributed by atoms with Gasteiger partial charge in [-0.05, 0) is 13.0 Å². The third-order valence-corrected chi connectivity index (χ3v) is 3.00. The van der Waals surface area contributed by atoms with Gasteiger partial charge in [0, 0.05) is 24.5 Å². The number of hydrogen-bond acceptors (Lipinski definition) is 4. The van der Waals surface area contributed by atoms with Crippen molar-refractivity contribution in [2.75, 3.05) is 25.5 Å². The summed E-state index contributed by atoms with van der Waals surface area (Å²) < 4.78 is 6.61. The van der Waals surface area contributed by atoms with Crippen molar-refractivity contribution in [3.63, 3.8) is 0 Å². The van der Waals surface area contributed by atoms with Gasteiger partial charge in [-0.2, -0.15) is 0 Å². The van der Waals surface area contributed by atoms with Gasteiger partial charge in [-0.1, -0.05) is 0 Å². The monoisotopic (exact) mass is 251 g/mol. The molecule has 2 heterocycles. The van der Waals surface area contributed by atoms with Gasteiger partial charge in [-0.15, -0.1) is 0 Å². The number of nitrogens with zero attached hydrogens (tertiary/aromatic N) is 2. The van der Waals surface area contributed by atoms with Crippen LogP contribution in [0.25, 0.3) is 0 Å². The van der Waals surface area contributed by atoms with Crippen LogP contribution >= 0.6 is 0 Å². The zero-order chi connectivity index (χ0) is 13.1. The third-order valence-electron chi connectivity index (χ3n) is 3.00. The van der Waals surface area contributed by atoms with Gasteiger partial charge in [0.05, 0.1) is 19.3 Å². The Balaban J connectivity index is 2.11. The number of amides is 1. The molecule has 0 saturated carbocycles. The van der Waals surface area contributed by atoms with Gasteiger partial charge in [0.1, 0.15) is 6.54 Å². The largest absolute Gasteiger partial charge is 0.398 e. The first-order valence-electron chi connectivity index (χ1n) is 5.91. The van der Waals surface area contributed by atoms with E-state index in [0.717, 1.165) is 0 Å². The summed E-state index contributed by atoms with van der Waals surface area (Å²) >= 11 is 0. The number of nitrogens with two attached hydrogens (primary N) is 1. The number of morpholine rings is 1. The molecule has 0 radical (unpaired) electrons. The first-order valence-corrected chi connectivity index (χ1v) is 5.91. The maximum Gasteiger partial charge on any atom is 0.251 e. The Labute approximate surface area is 105 Å². The molecule has 0 aromatic carbocycles. The lowest BCUT2D eigenvalue weighted by Crippen LogP contribution is -2.48. The summed E-state index contributed by atoms with van der Waals surface area (Å²) in [5.41, 5.74) is 5.85. The molecule has 0 aliphatic carbocycles. The van der Waals surface area contributed by atoms with Crippen LogP contribution in [0.3, 0.4) is 0 Å². The highest BCUT2D eigenvalue weighted by Crippen LogP contribution is 2.07. The van der Waals surface area contributed by atoms with E-state index in [-0.39, 0.29) is 24.1 Å². The fraction of sp³-hybridized carbons (Fsp3) is 0.500. The number of hydrogen-bond donors (Lipinski definition) is 1. The molecule has 0 bridgehead atoms. The summed E-state index contributed by atoms with van der Waals surface area (Å²) in [6.45, 7) is 3.60. The van der Waals surface area contributed by atoms with Crippen molar-refractivity contribution in [1.82, 2.24) is 9.47 Å². The van der Waals surface area contributed by atoms with Crippen molar-refractivity contribution >= 4 is 11.6 Å². The fourth-order valence-corrected chi connectivity index (χ4v) is 2.01. The van der Waals surface area contributed by atoms with Crippen LogP contribution in [0.2, 0.25) is 0 Å². The van der Waals surface area contributed by atoms with E-state index in [1.165, 1.54) is 22.9 Å². The molecule has 0 spiro atoms. The van der Waals surface area contributed by atoms with Gasteiger partial charge in [-0.3, -0.25) is 9.59 Å². The van der Waals surface area contributed by atoms with Gasteiger partial charge in [0.15, 0.2) is 0 Å². The summed E-state index contributed by atoms with van der Waals surface area (Å²) in [5.74, 6) is -0.0847. The lowest BCUT2D eigenvalue weighted by molar-refractivity contribution is -0.139. The van der Waals surface area contributed by atoms with Crippen molar-refractivity contribution in [1.29, 1.82) is 0 Å². The highest BCUT2D eigenvalue weighted by Gasteiger charge is 2.23. The molecule has 1 saturated heterocycles. The highest BCUT2D eigenvalue weighted by atomic mass is 16.5. The van der Waals surface area contributed by atoms with E-state index in [1.54, 1.807) is 4.90 Å². The Morgan fingerprint density at radius 3 is 3.06 bits per heavy atom. The van der Waals surface area contributed by atoms with Gasteiger partial charge in [-0.25, -0.2) is 0 Å². The minimum atomic E-state index is -0.224. The molecule has 1 atom stereocenters. The average Bonchev–Trinajstić information content (AvgIpc) is 2.34. The standard InChI is InChI=1S/C12H17N3O3/c1-9-8-18-5-4-15(9)12(17)7-14-6-10(13)2-3-11(14)16/h2-3,6,9H,4-5,7-8,13H2,1H3/t9-/m1/s1. The summed E-state index contributed by atoms with van der Waals surface area (Å²) in [6, 6.07) is 2.94. The van der Waals surface area contributed by atoms with Crippen LogP contribution in [0, 0.1) is 0 Å². The number of pyridine rings is 1. The SMILES string of the molecule is C[C@@H]1COCCN1C(=O)Cn1cc(N)ccc1=O. The zero-order valence-electron chi connectivity index (χ0n) is 10.3. The summed E-state index contributed by atoms with van der Waals surface area (Å²) in [6.07, 6.45) is 1.49. The topological polar surface area (TPSA) is 77.6 Å². The fourth-order valence-electron chi connectivity index (χ4n) is 2.01. The maximum absolute atomic E-state index is 12.1. The smallest absolute Gasteiger partial charge is 0.251 e. The van der Waals surface area contributed by atoms with Crippen molar-refractivity contribution in [2.24, 2.45) is 0 Å². The molecule has 1 aromatic heterocycles. The van der Waals surface area contributed by atoms with E-state index in [9.17, 15) is 9.59 Å². The van der Waals surface area contributed by atoms with Crippen LogP contribution in [0.1, 0.15) is 6.92 Å². The molecule has 98 valence electrons. The molecule has 1 aromatic rings. The Morgan fingerprint density at radius 1 is 1.56 bits per heavy atom. The van der Waals surface area contributed by atoms with Crippen LogP contribution in [0.4, 0.5) is 5.69 Å². The van der Waals surface area contributed by atoms with E-state index >= 15 is 0 Å². The molecular formula is C12H17N3O3. The third kappa shape index (κ3) is 2.70. The maximum atomic E-state index is 12.1. The number of aromatic nitrogens is 1. The number of carbonyl (C=O) groups excluding carboxylic acids is 1. The van der Waals surface area contributed by atoms with Gasteiger partial charge in [0.25, 0.3) is 5.56 Å². The van der Waals surface area contributed by atoms with Crippen LogP contribution < -0.4 is 11.3 Å². The lowest BCUT2D eigenvalue weighted by atomic mass is 10.2. The van der Waals surface area contributed by atoms with Crippen molar-refractivity contribution in [3.8, 4) is 0 Å². The first-order chi connectivity index (χ1) is 8.58. The van der Waals surface area contributed by atoms with E-state index in [1.807, 2.05) is 6.92 Å². The minimum Gasteiger partial charge on any atom is -0.398 e. The highest BCUT2D eigenvalue weighted by molar-refractivity contribution is 5.76. The zero-order valence-corrected chi connectivity index (χ0v) is 10.3. The summed E-state index contributed by atoms with van der Waals surface area (Å²) in [4.78, 5) is 25.4. The predicted molar refractivity (Wildman–Crippen MR) is 67.1 cm³/mol. The lowest BCUT2D eigenvalue weighted by Gasteiger charge is -2.33. The molecule has 18 heavy (non-hydrogen) atoms. The molecule has 2 N–H and O–H groups in total. The van der Waals surface area contributed by atoms with Gasteiger partial charge < -0.3 is 19.9 Å². The number of nitrogen functional groups attached to an aromatic ring is 1. The van der Waals surface area contributed by atoms with Crippen molar-refractivity contribution < 1.29 is 9.53 Å². The summed E-state index contributed by atoms with van der Waals surface area (Å²) in [7, 11) is 0. The van der Waals surface area contributed by atoms with Gasteiger partial charge in [0.2, 0.25) is 5.91 Å². The second kappa shape index (κ2) is 5.22. The Kier molecular flexibility index (Phi) is 3.66. The Bertz CT molecular complexity index is 498. The van der Waals surface area contributed by atoms with Crippen LogP contribution in [-0.4, -0.2) is 41.2 Å². The molecule has 6 heteroatoms. The minimum absolute atomic E-state index is 0.0220. The van der Waals surface area contributed by atoms with Crippen LogP contribution in [-0.2, 0) is 16.1 Å². The van der Waals surface area contributed by atoms with E-state index in [4.69, 9.17) is 10.5 Å². The van der Waals surface area contributed by atoms with Crippen LogP contribution in [0.5, 0.6) is 0 Å². The van der Waals surface area contributed by atoms with Gasteiger partial charge >= 0.3 is 0 Å². The first kappa shape index (κ1) is 12.6. The molecule has 1 amide bonds. The average molecular weight is 251 g/mol. The number of carbonyl (C=O) groups is 1. The Morgan fingerprint density at radius 2 is 2.33 bits per heavy atom. The number of anilines is 1. The van der Waals surface area contributed by atoms with Crippen molar-refractivity contribution in [3.05, 3.63) is 28.7 Å². The quantitative estimate of drug-likeness (QED) is 0.781. The van der Waals surface area contributed by atoms with Crippen molar-refractivity contribution in [2.45, 2.75) is 19.5 Å². The molecule has 1 aliphatic rings. The predicted octanol–water partition coefficient (Wildman–Crippen LogP) is -0.322. The number of rotatable bonds is 2. The molecular weight excluding hydrogens is 234 g/mol. The van der Waals surface area contributed by atoms with E-state index < -0.39 is 0 Å². The van der Waals surface area contributed by atoms with E-state index in [2.05, 4.69) is 0 Å². The second-order valence-corrected chi connectivity index (χ2v) is 4.44.